The molecule has 0 saturated heterocycles. The van der Waals surface area contributed by atoms with Crippen LogP contribution < -0.4 is 0 Å². The van der Waals surface area contributed by atoms with Crippen molar-refractivity contribution in [1.29, 1.82) is 0 Å². The van der Waals surface area contributed by atoms with Crippen LogP contribution in [-0.4, -0.2) is 20.1 Å². The summed E-state index contributed by atoms with van der Waals surface area (Å²) in [7, 11) is 0. The summed E-state index contributed by atoms with van der Waals surface area (Å²) in [5, 5.41) is 11.9. The van der Waals surface area contributed by atoms with Crippen molar-refractivity contribution in [2.24, 2.45) is 0 Å². The fraction of sp³-hybridized carbons (Fsp3) is 0.167. The molecular formula is C18H17N3O. The summed E-state index contributed by atoms with van der Waals surface area (Å²) >= 11 is 0. The molecule has 0 aliphatic heterocycles. The van der Waals surface area contributed by atoms with Gasteiger partial charge < -0.3 is 15.1 Å². The SMILES string of the molecule is Cc1cc(C)c2[nH]ccc2c1C(O)c1nc2ccccc2[nH]1. The average Bonchev–Trinajstić information content (AvgIpc) is 3.13. The number of fused-ring (bicyclic) bond motifs is 2. The Morgan fingerprint density at radius 1 is 1.09 bits per heavy atom. The first-order chi connectivity index (χ1) is 10.6. The summed E-state index contributed by atoms with van der Waals surface area (Å²) in [6.45, 7) is 4.10. The van der Waals surface area contributed by atoms with Gasteiger partial charge in [0.15, 0.2) is 0 Å². The van der Waals surface area contributed by atoms with E-state index in [1.54, 1.807) is 0 Å². The molecule has 0 aliphatic rings. The number of imidazole rings is 1. The van der Waals surface area contributed by atoms with Gasteiger partial charge in [0.1, 0.15) is 11.9 Å². The van der Waals surface area contributed by atoms with Crippen molar-refractivity contribution < 1.29 is 5.11 Å². The number of aliphatic hydroxyl groups is 1. The molecule has 4 heteroatoms. The van der Waals surface area contributed by atoms with Gasteiger partial charge in [-0.2, -0.15) is 0 Å². The van der Waals surface area contributed by atoms with Crippen LogP contribution in [0.2, 0.25) is 0 Å². The minimum absolute atomic E-state index is 0.579. The number of rotatable bonds is 2. The number of benzene rings is 2. The largest absolute Gasteiger partial charge is 0.380 e. The van der Waals surface area contributed by atoms with Crippen LogP contribution in [0.15, 0.2) is 42.6 Å². The summed E-state index contributed by atoms with van der Waals surface area (Å²) in [4.78, 5) is 11.0. The average molecular weight is 291 g/mol. The van der Waals surface area contributed by atoms with Gasteiger partial charge in [0.2, 0.25) is 0 Å². The lowest BCUT2D eigenvalue weighted by atomic mass is 9.96. The normalized spacial score (nSPS) is 13.0. The lowest BCUT2D eigenvalue weighted by Crippen LogP contribution is -2.05. The number of hydrogen-bond acceptors (Lipinski definition) is 2. The maximum atomic E-state index is 10.9. The third-order valence-corrected chi connectivity index (χ3v) is 4.23. The molecule has 110 valence electrons. The van der Waals surface area contributed by atoms with Gasteiger partial charge >= 0.3 is 0 Å². The van der Waals surface area contributed by atoms with Gasteiger partial charge in [-0.1, -0.05) is 18.2 Å². The smallest absolute Gasteiger partial charge is 0.140 e. The second-order valence-corrected chi connectivity index (χ2v) is 5.73. The van der Waals surface area contributed by atoms with Crippen molar-refractivity contribution >= 4 is 21.9 Å². The quantitative estimate of drug-likeness (QED) is 0.526. The van der Waals surface area contributed by atoms with Gasteiger partial charge in [-0.25, -0.2) is 4.98 Å². The lowest BCUT2D eigenvalue weighted by Gasteiger charge is -2.14. The Morgan fingerprint density at radius 3 is 2.73 bits per heavy atom. The molecule has 2 aromatic heterocycles. The minimum Gasteiger partial charge on any atom is -0.380 e. The van der Waals surface area contributed by atoms with Crippen LogP contribution in [0.3, 0.4) is 0 Å². The summed E-state index contributed by atoms with van der Waals surface area (Å²) in [5.74, 6) is 0.579. The van der Waals surface area contributed by atoms with E-state index >= 15 is 0 Å². The van der Waals surface area contributed by atoms with E-state index in [2.05, 4.69) is 27.9 Å². The molecule has 0 radical (unpaired) electrons. The van der Waals surface area contributed by atoms with Crippen molar-refractivity contribution in [1.82, 2.24) is 15.0 Å². The Bertz CT molecular complexity index is 948. The third kappa shape index (κ3) is 1.84. The third-order valence-electron chi connectivity index (χ3n) is 4.23. The standard InChI is InChI=1S/C18H17N3O/c1-10-9-11(2)16-12(7-8-19-16)15(10)17(22)18-20-13-5-3-4-6-14(13)21-18/h3-9,17,19,22H,1-2H3,(H,20,21). The molecule has 1 unspecified atom stereocenters. The number of aryl methyl sites for hydroxylation is 2. The molecule has 0 fully saturated rings. The Labute approximate surface area is 127 Å². The van der Waals surface area contributed by atoms with Gasteiger partial charge in [-0.15, -0.1) is 0 Å². The van der Waals surface area contributed by atoms with E-state index in [1.807, 2.05) is 43.5 Å². The molecule has 0 amide bonds. The molecule has 4 nitrogen and oxygen atoms in total. The van der Waals surface area contributed by atoms with E-state index in [0.29, 0.717) is 5.82 Å². The number of aliphatic hydroxyl groups excluding tert-OH is 1. The summed E-state index contributed by atoms with van der Waals surface area (Å²) in [5.41, 5.74) is 6.02. The fourth-order valence-corrected chi connectivity index (χ4v) is 3.21. The molecule has 2 heterocycles. The molecule has 4 rings (SSSR count). The van der Waals surface area contributed by atoms with Crippen LogP contribution in [0.5, 0.6) is 0 Å². The molecular weight excluding hydrogens is 274 g/mol. The maximum absolute atomic E-state index is 10.9. The van der Waals surface area contributed by atoms with Gasteiger partial charge in [-0.05, 0) is 43.2 Å². The van der Waals surface area contributed by atoms with Crippen LogP contribution in [0.25, 0.3) is 21.9 Å². The van der Waals surface area contributed by atoms with E-state index in [-0.39, 0.29) is 0 Å². The van der Waals surface area contributed by atoms with Crippen molar-refractivity contribution in [3.05, 3.63) is 65.1 Å². The number of H-pyrrole nitrogens is 2. The van der Waals surface area contributed by atoms with Gasteiger partial charge in [0.05, 0.1) is 11.0 Å². The number of aromatic amines is 2. The van der Waals surface area contributed by atoms with E-state index in [4.69, 9.17) is 0 Å². The number of aromatic nitrogens is 3. The topological polar surface area (TPSA) is 64.7 Å². The highest BCUT2D eigenvalue weighted by molar-refractivity contribution is 5.87. The van der Waals surface area contributed by atoms with E-state index in [0.717, 1.165) is 33.1 Å². The molecule has 1 atom stereocenters. The van der Waals surface area contributed by atoms with Gasteiger partial charge in [0, 0.05) is 22.7 Å². The number of hydrogen-bond donors (Lipinski definition) is 3. The fourth-order valence-electron chi connectivity index (χ4n) is 3.21. The van der Waals surface area contributed by atoms with Crippen LogP contribution in [0, 0.1) is 13.8 Å². The molecule has 2 aromatic carbocycles. The highest BCUT2D eigenvalue weighted by Gasteiger charge is 2.20. The zero-order valence-electron chi connectivity index (χ0n) is 12.5. The van der Waals surface area contributed by atoms with Crippen LogP contribution in [0.4, 0.5) is 0 Å². The van der Waals surface area contributed by atoms with Crippen LogP contribution in [0.1, 0.15) is 28.6 Å². The predicted molar refractivity (Wildman–Crippen MR) is 87.9 cm³/mol. The van der Waals surface area contributed by atoms with Crippen LogP contribution in [-0.2, 0) is 0 Å². The van der Waals surface area contributed by atoms with Gasteiger partial charge in [-0.3, -0.25) is 0 Å². The first-order valence-electron chi connectivity index (χ1n) is 7.35. The summed E-state index contributed by atoms with van der Waals surface area (Å²) in [6, 6.07) is 11.9. The van der Waals surface area contributed by atoms with Gasteiger partial charge in [0.25, 0.3) is 0 Å². The molecule has 22 heavy (non-hydrogen) atoms. The number of nitrogens with zero attached hydrogens (tertiary/aromatic N) is 1. The molecule has 0 bridgehead atoms. The lowest BCUT2D eigenvalue weighted by molar-refractivity contribution is 0.212. The second kappa shape index (κ2) is 4.71. The number of para-hydroxylation sites is 2. The summed E-state index contributed by atoms with van der Waals surface area (Å²) in [6.07, 6.45) is 1.14. The number of nitrogens with one attached hydrogen (secondary N) is 2. The molecule has 0 spiro atoms. The molecule has 0 aliphatic carbocycles. The zero-order valence-corrected chi connectivity index (χ0v) is 12.5. The molecule has 4 aromatic rings. The van der Waals surface area contributed by atoms with E-state index < -0.39 is 6.10 Å². The maximum Gasteiger partial charge on any atom is 0.140 e. The highest BCUT2D eigenvalue weighted by Crippen LogP contribution is 2.32. The first kappa shape index (κ1) is 13.1. The highest BCUT2D eigenvalue weighted by atomic mass is 16.3. The first-order valence-corrected chi connectivity index (χ1v) is 7.35. The Hall–Kier alpha value is -2.59. The van der Waals surface area contributed by atoms with Crippen molar-refractivity contribution in [2.45, 2.75) is 20.0 Å². The molecule has 3 N–H and O–H groups in total. The zero-order chi connectivity index (χ0) is 15.3. The van der Waals surface area contributed by atoms with E-state index in [9.17, 15) is 5.11 Å². The predicted octanol–water partition coefficient (Wildman–Crippen LogP) is 3.74. The van der Waals surface area contributed by atoms with Crippen molar-refractivity contribution in [3.8, 4) is 0 Å². The Kier molecular flexibility index (Phi) is 2.81. The van der Waals surface area contributed by atoms with Crippen molar-refractivity contribution in [3.63, 3.8) is 0 Å². The van der Waals surface area contributed by atoms with Crippen LogP contribution >= 0.6 is 0 Å². The Morgan fingerprint density at radius 2 is 1.91 bits per heavy atom. The van der Waals surface area contributed by atoms with E-state index in [1.165, 1.54) is 5.56 Å². The van der Waals surface area contributed by atoms with Crippen molar-refractivity contribution in [2.75, 3.05) is 0 Å². The second-order valence-electron chi connectivity index (χ2n) is 5.73. The minimum atomic E-state index is -0.772. The Balaban J connectivity index is 1.92. The summed E-state index contributed by atoms with van der Waals surface area (Å²) < 4.78 is 0. The molecule has 0 saturated carbocycles. The monoisotopic (exact) mass is 291 g/mol.